The molecule has 0 amide bonds. The number of aromatic nitrogens is 4. The summed E-state index contributed by atoms with van der Waals surface area (Å²) in [6.45, 7) is 0. The first-order valence-corrected chi connectivity index (χ1v) is 8.97. The smallest absolute Gasteiger partial charge is 0.328 e. The van der Waals surface area contributed by atoms with E-state index in [0.29, 0.717) is 5.82 Å². The number of carbonyl (C=O) groups is 1. The Bertz CT molecular complexity index is 1080. The van der Waals surface area contributed by atoms with E-state index in [0.717, 1.165) is 38.1 Å². The SMILES string of the molecule is O=C(O)C=Cc1cc(-c2nnn[nH]2)c(-c2ccc(-c3ccccc3)cc2)s1. The van der Waals surface area contributed by atoms with Crippen LogP contribution in [-0.2, 0) is 4.79 Å². The number of rotatable bonds is 5. The van der Waals surface area contributed by atoms with Crippen LogP contribution in [0.4, 0.5) is 0 Å². The number of carboxylic acids is 1. The molecule has 0 aliphatic carbocycles. The van der Waals surface area contributed by atoms with Crippen LogP contribution >= 0.6 is 11.3 Å². The van der Waals surface area contributed by atoms with E-state index in [2.05, 4.69) is 44.9 Å². The van der Waals surface area contributed by atoms with Crippen molar-refractivity contribution < 1.29 is 9.90 Å². The Hall–Kier alpha value is -3.58. The van der Waals surface area contributed by atoms with Gasteiger partial charge in [-0.15, -0.1) is 16.4 Å². The fourth-order valence-electron chi connectivity index (χ4n) is 2.75. The molecule has 0 bridgehead atoms. The van der Waals surface area contributed by atoms with Crippen LogP contribution in [0.5, 0.6) is 0 Å². The van der Waals surface area contributed by atoms with Crippen molar-refractivity contribution in [2.45, 2.75) is 0 Å². The highest BCUT2D eigenvalue weighted by Gasteiger charge is 2.15. The number of aromatic amines is 1. The lowest BCUT2D eigenvalue weighted by molar-refractivity contribution is -0.131. The average molecular weight is 374 g/mol. The van der Waals surface area contributed by atoms with Gasteiger partial charge in [-0.1, -0.05) is 54.6 Å². The van der Waals surface area contributed by atoms with Crippen LogP contribution in [0.1, 0.15) is 4.88 Å². The van der Waals surface area contributed by atoms with Crippen molar-refractivity contribution in [1.82, 2.24) is 20.6 Å². The van der Waals surface area contributed by atoms with Crippen molar-refractivity contribution in [2.24, 2.45) is 0 Å². The highest BCUT2D eigenvalue weighted by Crippen LogP contribution is 2.39. The minimum Gasteiger partial charge on any atom is -0.478 e. The molecule has 2 aromatic heterocycles. The molecule has 4 rings (SSSR count). The van der Waals surface area contributed by atoms with Crippen molar-refractivity contribution in [1.29, 1.82) is 0 Å². The molecule has 0 saturated heterocycles. The van der Waals surface area contributed by atoms with Gasteiger partial charge in [-0.2, -0.15) is 0 Å². The Kier molecular flexibility index (Phi) is 4.59. The summed E-state index contributed by atoms with van der Waals surface area (Å²) < 4.78 is 0. The minimum absolute atomic E-state index is 0.545. The van der Waals surface area contributed by atoms with E-state index in [1.54, 1.807) is 6.08 Å². The second-order valence-electron chi connectivity index (χ2n) is 5.76. The van der Waals surface area contributed by atoms with Crippen molar-refractivity contribution in [3.63, 3.8) is 0 Å². The lowest BCUT2D eigenvalue weighted by atomic mass is 10.0. The maximum atomic E-state index is 10.8. The van der Waals surface area contributed by atoms with E-state index >= 15 is 0 Å². The molecule has 0 spiro atoms. The van der Waals surface area contributed by atoms with Gasteiger partial charge in [-0.3, -0.25) is 0 Å². The first kappa shape index (κ1) is 16.9. The van der Waals surface area contributed by atoms with Gasteiger partial charge in [0.15, 0.2) is 5.82 Å². The van der Waals surface area contributed by atoms with Crippen LogP contribution in [0.25, 0.3) is 39.0 Å². The lowest BCUT2D eigenvalue weighted by Gasteiger charge is -2.04. The number of benzene rings is 2. The molecule has 4 aromatic rings. The lowest BCUT2D eigenvalue weighted by Crippen LogP contribution is -1.84. The maximum absolute atomic E-state index is 10.8. The first-order chi connectivity index (χ1) is 13.2. The summed E-state index contributed by atoms with van der Waals surface area (Å²) in [5, 5.41) is 22.9. The van der Waals surface area contributed by atoms with Gasteiger partial charge in [0, 0.05) is 21.4 Å². The number of aliphatic carboxylic acids is 1. The van der Waals surface area contributed by atoms with Crippen molar-refractivity contribution in [3.05, 3.63) is 71.6 Å². The molecular weight excluding hydrogens is 360 g/mol. The summed E-state index contributed by atoms with van der Waals surface area (Å²) >= 11 is 1.49. The Morgan fingerprint density at radius 1 is 1.00 bits per heavy atom. The Labute approximate surface area is 158 Å². The van der Waals surface area contributed by atoms with E-state index in [9.17, 15) is 4.79 Å². The fourth-order valence-corrected chi connectivity index (χ4v) is 3.82. The molecule has 2 heterocycles. The normalized spacial score (nSPS) is 11.1. The summed E-state index contributed by atoms with van der Waals surface area (Å²) in [7, 11) is 0. The molecule has 6 nitrogen and oxygen atoms in total. The molecule has 0 saturated carbocycles. The zero-order chi connectivity index (χ0) is 18.6. The van der Waals surface area contributed by atoms with Gasteiger partial charge >= 0.3 is 5.97 Å². The van der Waals surface area contributed by atoms with Crippen molar-refractivity contribution in [2.75, 3.05) is 0 Å². The standard InChI is InChI=1S/C20H14N4O2S/c25-18(26)11-10-16-12-17(20-21-23-24-22-20)19(27-16)15-8-6-14(7-9-15)13-4-2-1-3-5-13/h1-12H,(H,25,26)(H,21,22,23,24). The largest absolute Gasteiger partial charge is 0.478 e. The molecule has 0 aliphatic heterocycles. The molecule has 2 aromatic carbocycles. The van der Waals surface area contributed by atoms with E-state index in [-0.39, 0.29) is 0 Å². The van der Waals surface area contributed by atoms with Crippen LogP contribution in [0.2, 0.25) is 0 Å². The number of nitrogens with one attached hydrogen (secondary N) is 1. The molecule has 0 radical (unpaired) electrons. The van der Waals surface area contributed by atoms with Crippen LogP contribution in [0.15, 0.2) is 66.7 Å². The topological polar surface area (TPSA) is 91.8 Å². The number of thiophene rings is 1. The number of H-pyrrole nitrogens is 1. The van der Waals surface area contributed by atoms with Crippen LogP contribution in [0.3, 0.4) is 0 Å². The second-order valence-corrected chi connectivity index (χ2v) is 6.84. The van der Waals surface area contributed by atoms with E-state index < -0.39 is 5.97 Å². The van der Waals surface area contributed by atoms with Crippen LogP contribution < -0.4 is 0 Å². The molecule has 0 atom stereocenters. The summed E-state index contributed by atoms with van der Waals surface area (Å²) in [4.78, 5) is 12.6. The number of carboxylic acid groups (broad SMARTS) is 1. The Morgan fingerprint density at radius 3 is 2.37 bits per heavy atom. The average Bonchev–Trinajstić information content (AvgIpc) is 3.37. The van der Waals surface area contributed by atoms with Crippen molar-refractivity contribution >= 4 is 23.4 Å². The molecule has 0 fully saturated rings. The maximum Gasteiger partial charge on any atom is 0.328 e. The van der Waals surface area contributed by atoms with Gasteiger partial charge in [0.25, 0.3) is 0 Å². The van der Waals surface area contributed by atoms with Crippen molar-refractivity contribution in [3.8, 4) is 33.0 Å². The van der Waals surface area contributed by atoms with Crippen LogP contribution in [-0.4, -0.2) is 31.7 Å². The quantitative estimate of drug-likeness (QED) is 0.506. The van der Waals surface area contributed by atoms with Gasteiger partial charge in [0.1, 0.15) is 0 Å². The summed E-state index contributed by atoms with van der Waals surface area (Å²) in [5.74, 6) is -0.441. The van der Waals surface area contributed by atoms with Gasteiger partial charge in [-0.05, 0) is 39.3 Å². The molecule has 2 N–H and O–H groups in total. The number of nitrogens with zero attached hydrogens (tertiary/aromatic N) is 3. The number of hydrogen-bond acceptors (Lipinski definition) is 5. The summed E-state index contributed by atoms with van der Waals surface area (Å²) in [6.07, 6.45) is 2.69. The third kappa shape index (κ3) is 3.68. The predicted molar refractivity (Wildman–Crippen MR) is 105 cm³/mol. The second kappa shape index (κ2) is 7.35. The number of tetrazole rings is 1. The van der Waals surface area contributed by atoms with E-state index in [4.69, 9.17) is 5.11 Å². The third-order valence-corrected chi connectivity index (χ3v) is 5.15. The molecule has 0 unspecified atom stereocenters. The molecular formula is C20H14N4O2S. The first-order valence-electron chi connectivity index (χ1n) is 8.15. The highest BCUT2D eigenvalue weighted by molar-refractivity contribution is 7.17. The van der Waals surface area contributed by atoms with E-state index in [1.165, 1.54) is 11.3 Å². The highest BCUT2D eigenvalue weighted by atomic mass is 32.1. The van der Waals surface area contributed by atoms with Gasteiger partial charge in [-0.25, -0.2) is 9.89 Å². The summed E-state index contributed by atoms with van der Waals surface area (Å²) in [6, 6.07) is 20.3. The van der Waals surface area contributed by atoms with E-state index in [1.807, 2.05) is 36.4 Å². The van der Waals surface area contributed by atoms with Gasteiger partial charge < -0.3 is 5.11 Å². The molecule has 27 heavy (non-hydrogen) atoms. The predicted octanol–water partition coefficient (Wildman–Crippen LogP) is 4.36. The third-order valence-electron chi connectivity index (χ3n) is 4.00. The Balaban J connectivity index is 1.75. The van der Waals surface area contributed by atoms with Gasteiger partial charge in [0.05, 0.1) is 0 Å². The molecule has 0 aliphatic rings. The molecule has 7 heteroatoms. The minimum atomic E-state index is -0.986. The zero-order valence-electron chi connectivity index (χ0n) is 14.0. The van der Waals surface area contributed by atoms with Gasteiger partial charge in [0.2, 0.25) is 0 Å². The molecule has 132 valence electrons. The zero-order valence-corrected chi connectivity index (χ0v) is 14.9. The fraction of sp³-hybridized carbons (Fsp3) is 0. The Morgan fingerprint density at radius 2 is 1.70 bits per heavy atom. The van der Waals surface area contributed by atoms with Crippen LogP contribution in [0, 0.1) is 0 Å². The summed E-state index contributed by atoms with van der Waals surface area (Å²) in [5.41, 5.74) is 4.13. The monoisotopic (exact) mass is 374 g/mol. The number of hydrogen-bond donors (Lipinski definition) is 2.